The van der Waals surface area contributed by atoms with Gasteiger partial charge in [-0.15, -0.1) is 16.4 Å². The minimum absolute atomic E-state index is 0.0562. The number of hydrogen-bond acceptors (Lipinski definition) is 6. The number of rotatable bonds is 5. The van der Waals surface area contributed by atoms with Crippen molar-refractivity contribution in [2.45, 2.75) is 13.5 Å². The van der Waals surface area contributed by atoms with E-state index in [1.54, 1.807) is 16.9 Å². The summed E-state index contributed by atoms with van der Waals surface area (Å²) >= 11 is 7.52. The second-order valence-corrected chi connectivity index (χ2v) is 7.84. The molecule has 0 bridgehead atoms. The molecule has 1 amide bonds. The van der Waals surface area contributed by atoms with Crippen LogP contribution in [0.5, 0.6) is 0 Å². The molecule has 1 N–H and O–H groups in total. The Bertz CT molecular complexity index is 950. The monoisotopic (exact) mass is 389 g/mol. The van der Waals surface area contributed by atoms with Crippen LogP contribution in [0.25, 0.3) is 11.3 Å². The Morgan fingerprint density at radius 2 is 2.23 bits per heavy atom. The Balaban J connectivity index is 1.44. The molecule has 7 nitrogen and oxygen atoms in total. The van der Waals surface area contributed by atoms with Gasteiger partial charge in [0.25, 0.3) is 5.91 Å². The van der Waals surface area contributed by atoms with Gasteiger partial charge < -0.3 is 4.74 Å². The molecule has 3 heterocycles. The van der Waals surface area contributed by atoms with Crippen LogP contribution in [0, 0.1) is 5.41 Å². The van der Waals surface area contributed by atoms with Gasteiger partial charge in [-0.3, -0.25) is 14.8 Å². The standard InChI is InChI=1S/C17H16ClN5O2S/c1-17(9-25-10-17)8-23-6-13(21-22-23)15(24)20-16-19-14(7-26-16)11-4-2-3-5-12(11)18/h2-7H,8-10H2,1H3,(H,19,20,24). The molecule has 1 aliphatic rings. The van der Waals surface area contributed by atoms with Crippen molar-refractivity contribution in [1.29, 1.82) is 0 Å². The minimum atomic E-state index is -0.341. The van der Waals surface area contributed by atoms with Crippen LogP contribution in [-0.4, -0.2) is 39.1 Å². The number of amides is 1. The molecule has 0 spiro atoms. The molecule has 0 radical (unpaired) electrons. The summed E-state index contributed by atoms with van der Waals surface area (Å²) in [5, 5.41) is 13.7. The second-order valence-electron chi connectivity index (χ2n) is 6.58. The van der Waals surface area contributed by atoms with E-state index in [-0.39, 0.29) is 17.0 Å². The quantitative estimate of drug-likeness (QED) is 0.723. The minimum Gasteiger partial charge on any atom is -0.380 e. The SMILES string of the molecule is CC1(Cn2cc(C(=O)Nc3nc(-c4ccccc4Cl)cs3)nn2)COC1. The molecule has 3 aromatic rings. The van der Waals surface area contributed by atoms with Crippen LogP contribution in [0.1, 0.15) is 17.4 Å². The normalized spacial score (nSPS) is 15.5. The molecule has 1 aromatic carbocycles. The third-order valence-corrected chi connectivity index (χ3v) is 5.18. The van der Waals surface area contributed by atoms with Gasteiger partial charge in [0, 0.05) is 21.4 Å². The van der Waals surface area contributed by atoms with Gasteiger partial charge >= 0.3 is 0 Å². The zero-order valence-electron chi connectivity index (χ0n) is 14.0. The number of benzene rings is 1. The number of ether oxygens (including phenoxy) is 1. The van der Waals surface area contributed by atoms with Gasteiger partial charge in [-0.05, 0) is 6.07 Å². The van der Waals surface area contributed by atoms with Crippen molar-refractivity contribution in [3.8, 4) is 11.3 Å². The molecular weight excluding hydrogens is 374 g/mol. The Morgan fingerprint density at radius 1 is 1.42 bits per heavy atom. The van der Waals surface area contributed by atoms with Crippen molar-refractivity contribution >= 4 is 34.0 Å². The summed E-state index contributed by atoms with van der Waals surface area (Å²) in [4.78, 5) is 16.8. The first kappa shape index (κ1) is 17.1. The maximum absolute atomic E-state index is 12.4. The van der Waals surface area contributed by atoms with Crippen LogP contribution in [0.3, 0.4) is 0 Å². The van der Waals surface area contributed by atoms with E-state index in [0.717, 1.165) is 11.3 Å². The third kappa shape index (κ3) is 3.48. The molecule has 0 saturated carbocycles. The van der Waals surface area contributed by atoms with E-state index < -0.39 is 0 Å². The number of nitrogens with one attached hydrogen (secondary N) is 1. The van der Waals surface area contributed by atoms with E-state index in [1.807, 2.05) is 23.6 Å². The number of nitrogens with zero attached hydrogens (tertiary/aromatic N) is 4. The summed E-state index contributed by atoms with van der Waals surface area (Å²) < 4.78 is 6.91. The van der Waals surface area contributed by atoms with Gasteiger partial charge in [-0.2, -0.15) is 0 Å². The van der Waals surface area contributed by atoms with E-state index in [4.69, 9.17) is 16.3 Å². The number of carbonyl (C=O) groups is 1. The van der Waals surface area contributed by atoms with Gasteiger partial charge in [-0.25, -0.2) is 4.98 Å². The summed E-state index contributed by atoms with van der Waals surface area (Å²) in [6.45, 7) is 4.17. The van der Waals surface area contributed by atoms with E-state index >= 15 is 0 Å². The highest BCUT2D eigenvalue weighted by Crippen LogP contribution is 2.30. The number of anilines is 1. The number of thiazole rings is 1. The molecule has 0 unspecified atom stereocenters. The predicted molar refractivity (Wildman–Crippen MR) is 99.5 cm³/mol. The van der Waals surface area contributed by atoms with Crippen molar-refractivity contribution in [2.75, 3.05) is 18.5 Å². The average Bonchev–Trinajstić information content (AvgIpc) is 3.23. The van der Waals surface area contributed by atoms with Crippen LogP contribution in [0.4, 0.5) is 5.13 Å². The first-order chi connectivity index (χ1) is 12.5. The molecule has 26 heavy (non-hydrogen) atoms. The number of carbonyl (C=O) groups excluding carboxylic acids is 1. The van der Waals surface area contributed by atoms with Crippen molar-refractivity contribution in [2.24, 2.45) is 5.41 Å². The van der Waals surface area contributed by atoms with Crippen molar-refractivity contribution < 1.29 is 9.53 Å². The maximum Gasteiger partial charge on any atom is 0.279 e. The van der Waals surface area contributed by atoms with E-state index in [2.05, 4.69) is 27.5 Å². The molecule has 134 valence electrons. The van der Waals surface area contributed by atoms with E-state index in [1.165, 1.54) is 11.3 Å². The number of hydrogen-bond donors (Lipinski definition) is 1. The predicted octanol–water partition coefficient (Wildman–Crippen LogP) is 3.34. The summed E-state index contributed by atoms with van der Waals surface area (Å²) in [6.07, 6.45) is 1.64. The molecule has 1 saturated heterocycles. The fraction of sp³-hybridized carbons (Fsp3) is 0.294. The zero-order valence-corrected chi connectivity index (χ0v) is 15.5. The first-order valence-electron chi connectivity index (χ1n) is 8.02. The lowest BCUT2D eigenvalue weighted by molar-refractivity contribution is -0.111. The fourth-order valence-corrected chi connectivity index (χ4v) is 3.64. The molecule has 9 heteroatoms. The smallest absolute Gasteiger partial charge is 0.279 e. The first-order valence-corrected chi connectivity index (χ1v) is 9.28. The van der Waals surface area contributed by atoms with Gasteiger partial charge in [0.15, 0.2) is 10.8 Å². The third-order valence-electron chi connectivity index (χ3n) is 4.09. The molecule has 1 aliphatic heterocycles. The van der Waals surface area contributed by atoms with E-state index in [0.29, 0.717) is 29.9 Å². The molecule has 1 fully saturated rings. The zero-order chi connectivity index (χ0) is 18.1. The topological polar surface area (TPSA) is 81.9 Å². The van der Waals surface area contributed by atoms with Gasteiger partial charge in [0.2, 0.25) is 0 Å². The second kappa shape index (κ2) is 6.79. The van der Waals surface area contributed by atoms with Crippen LogP contribution in [0.15, 0.2) is 35.8 Å². The average molecular weight is 390 g/mol. The van der Waals surface area contributed by atoms with E-state index in [9.17, 15) is 4.79 Å². The van der Waals surface area contributed by atoms with Crippen LogP contribution >= 0.6 is 22.9 Å². The van der Waals surface area contributed by atoms with Crippen LogP contribution in [0.2, 0.25) is 5.02 Å². The summed E-state index contributed by atoms with van der Waals surface area (Å²) in [5.41, 5.74) is 1.86. The Kier molecular flexibility index (Phi) is 4.47. The lowest BCUT2D eigenvalue weighted by Crippen LogP contribution is -2.43. The summed E-state index contributed by atoms with van der Waals surface area (Å²) in [6, 6.07) is 7.45. The highest BCUT2D eigenvalue weighted by Gasteiger charge is 2.34. The Morgan fingerprint density at radius 3 is 2.96 bits per heavy atom. The molecule has 2 aromatic heterocycles. The summed E-state index contributed by atoms with van der Waals surface area (Å²) in [5.74, 6) is -0.341. The summed E-state index contributed by atoms with van der Waals surface area (Å²) in [7, 11) is 0. The molecule has 4 rings (SSSR count). The highest BCUT2D eigenvalue weighted by atomic mass is 35.5. The lowest BCUT2D eigenvalue weighted by Gasteiger charge is -2.37. The van der Waals surface area contributed by atoms with Gasteiger partial charge in [-0.1, -0.05) is 41.9 Å². The molecule has 0 atom stereocenters. The lowest BCUT2D eigenvalue weighted by atomic mass is 9.89. The van der Waals surface area contributed by atoms with Gasteiger partial charge in [0.05, 0.1) is 31.6 Å². The van der Waals surface area contributed by atoms with Crippen LogP contribution < -0.4 is 5.32 Å². The highest BCUT2D eigenvalue weighted by molar-refractivity contribution is 7.14. The van der Waals surface area contributed by atoms with Crippen molar-refractivity contribution in [3.05, 3.63) is 46.6 Å². The maximum atomic E-state index is 12.4. The number of aromatic nitrogens is 4. The Labute approximate surface area is 159 Å². The Hall–Kier alpha value is -2.29. The van der Waals surface area contributed by atoms with Gasteiger partial charge in [0.1, 0.15) is 0 Å². The number of halogens is 1. The molecule has 0 aliphatic carbocycles. The largest absolute Gasteiger partial charge is 0.380 e. The fourth-order valence-electron chi connectivity index (χ4n) is 2.70. The van der Waals surface area contributed by atoms with Crippen molar-refractivity contribution in [1.82, 2.24) is 20.0 Å². The molecular formula is C17H16ClN5O2S. The van der Waals surface area contributed by atoms with Crippen LogP contribution in [-0.2, 0) is 11.3 Å². The van der Waals surface area contributed by atoms with Crippen molar-refractivity contribution in [3.63, 3.8) is 0 Å².